The zero-order valence-electron chi connectivity index (χ0n) is 12.2. The summed E-state index contributed by atoms with van der Waals surface area (Å²) < 4.78 is 26.5. The summed E-state index contributed by atoms with van der Waals surface area (Å²) in [5.74, 6) is 0. The van der Waals surface area contributed by atoms with Gasteiger partial charge in [-0.15, -0.1) is 0 Å². The molecule has 1 aliphatic heterocycles. The zero-order valence-corrected chi connectivity index (χ0v) is 13.0. The van der Waals surface area contributed by atoms with Gasteiger partial charge in [0.2, 0.25) is 0 Å². The number of nitrogens with one attached hydrogen (secondary N) is 1. The number of benzene rings is 2. The Hall–Kier alpha value is -2.67. The van der Waals surface area contributed by atoms with Crippen LogP contribution in [0.2, 0.25) is 0 Å². The van der Waals surface area contributed by atoms with E-state index in [2.05, 4.69) is 9.82 Å². The number of hydrogen-bond acceptors (Lipinski definition) is 4. The predicted molar refractivity (Wildman–Crippen MR) is 86.3 cm³/mol. The predicted octanol–water partition coefficient (Wildman–Crippen LogP) is 2.52. The van der Waals surface area contributed by atoms with Crippen molar-refractivity contribution in [3.8, 4) is 0 Å². The summed E-state index contributed by atoms with van der Waals surface area (Å²) in [5, 5.41) is 5.17. The van der Waals surface area contributed by atoms with Crippen molar-refractivity contribution in [1.29, 1.82) is 0 Å². The van der Waals surface area contributed by atoms with Crippen LogP contribution in [0.4, 0.5) is 4.79 Å². The van der Waals surface area contributed by atoms with Crippen molar-refractivity contribution in [2.45, 2.75) is 17.4 Å². The van der Waals surface area contributed by atoms with Gasteiger partial charge in [-0.1, -0.05) is 48.5 Å². The molecule has 2 aromatic carbocycles. The number of amides is 2. The van der Waals surface area contributed by atoms with E-state index in [4.69, 9.17) is 0 Å². The number of nitrogens with zero attached hydrogens (tertiary/aromatic N) is 2. The van der Waals surface area contributed by atoms with Gasteiger partial charge in [0, 0.05) is 12.6 Å². The minimum absolute atomic E-state index is 0.0350. The first-order valence-corrected chi connectivity index (χ1v) is 8.55. The number of rotatable bonds is 3. The quantitative estimate of drug-likeness (QED) is 0.940. The molecule has 23 heavy (non-hydrogen) atoms. The number of carbonyl (C=O) groups excluding carboxylic acids is 1. The molecule has 1 aliphatic rings. The highest BCUT2D eigenvalue weighted by Crippen LogP contribution is 2.28. The lowest BCUT2D eigenvalue weighted by Gasteiger charge is -2.22. The second-order valence-electron chi connectivity index (χ2n) is 5.03. The first kappa shape index (κ1) is 15.2. The van der Waals surface area contributed by atoms with Gasteiger partial charge in [0.05, 0.1) is 10.9 Å². The maximum Gasteiger partial charge on any atom is 0.352 e. The summed E-state index contributed by atoms with van der Waals surface area (Å²) >= 11 is 0. The molecular formula is C16H15N3O3S. The molecule has 0 aromatic heterocycles. The van der Waals surface area contributed by atoms with Gasteiger partial charge in [0.25, 0.3) is 10.0 Å². The molecule has 6 nitrogen and oxygen atoms in total. The van der Waals surface area contributed by atoms with Gasteiger partial charge in [-0.25, -0.2) is 22.9 Å². The Morgan fingerprint density at radius 2 is 1.65 bits per heavy atom. The monoisotopic (exact) mass is 329 g/mol. The summed E-state index contributed by atoms with van der Waals surface area (Å²) in [6.07, 6.45) is 2.15. The highest BCUT2D eigenvalue weighted by atomic mass is 32.2. The van der Waals surface area contributed by atoms with Gasteiger partial charge in [-0.05, 0) is 17.7 Å². The van der Waals surface area contributed by atoms with Crippen LogP contribution in [0.25, 0.3) is 0 Å². The molecular weight excluding hydrogens is 314 g/mol. The normalized spacial score (nSPS) is 17.2. The molecule has 0 spiro atoms. The van der Waals surface area contributed by atoms with Gasteiger partial charge in [-0.2, -0.15) is 5.10 Å². The smallest absolute Gasteiger partial charge is 0.245 e. The maximum atomic E-state index is 12.3. The zero-order chi connectivity index (χ0) is 16.3. The molecule has 1 heterocycles. The van der Waals surface area contributed by atoms with Crippen molar-refractivity contribution in [3.05, 3.63) is 66.2 Å². The van der Waals surface area contributed by atoms with Gasteiger partial charge in [-0.3, -0.25) is 0 Å². The minimum atomic E-state index is -3.92. The molecule has 0 aliphatic carbocycles. The van der Waals surface area contributed by atoms with Crippen LogP contribution < -0.4 is 4.72 Å². The first-order chi connectivity index (χ1) is 11.1. The summed E-state index contributed by atoms with van der Waals surface area (Å²) in [6.45, 7) is 0. The fourth-order valence-corrected chi connectivity index (χ4v) is 3.34. The van der Waals surface area contributed by atoms with E-state index < -0.39 is 16.1 Å². The molecule has 0 radical (unpaired) electrons. The molecule has 7 heteroatoms. The van der Waals surface area contributed by atoms with Crippen molar-refractivity contribution in [2.75, 3.05) is 0 Å². The lowest BCUT2D eigenvalue weighted by atomic mass is 10.1. The highest BCUT2D eigenvalue weighted by molar-refractivity contribution is 7.90. The largest absolute Gasteiger partial charge is 0.352 e. The van der Waals surface area contributed by atoms with Gasteiger partial charge in [0.1, 0.15) is 0 Å². The van der Waals surface area contributed by atoms with Crippen LogP contribution in [0.3, 0.4) is 0 Å². The Labute approximate surface area is 134 Å². The van der Waals surface area contributed by atoms with Crippen molar-refractivity contribution >= 4 is 22.3 Å². The molecule has 2 aromatic rings. The Morgan fingerprint density at radius 1 is 1.04 bits per heavy atom. The van der Waals surface area contributed by atoms with Gasteiger partial charge >= 0.3 is 6.03 Å². The van der Waals surface area contributed by atoms with E-state index in [1.54, 1.807) is 24.4 Å². The Bertz CT molecular complexity index is 820. The molecule has 0 bridgehead atoms. The summed E-state index contributed by atoms with van der Waals surface area (Å²) in [4.78, 5) is 12.4. The molecule has 2 amide bonds. The van der Waals surface area contributed by atoms with Crippen molar-refractivity contribution < 1.29 is 13.2 Å². The Balaban J connectivity index is 1.79. The van der Waals surface area contributed by atoms with Crippen LogP contribution >= 0.6 is 0 Å². The second kappa shape index (κ2) is 6.21. The lowest BCUT2D eigenvalue weighted by Crippen LogP contribution is -2.40. The Morgan fingerprint density at radius 3 is 2.30 bits per heavy atom. The van der Waals surface area contributed by atoms with E-state index >= 15 is 0 Å². The van der Waals surface area contributed by atoms with Gasteiger partial charge in [0.15, 0.2) is 0 Å². The third kappa shape index (κ3) is 3.24. The van der Waals surface area contributed by atoms with Crippen LogP contribution in [-0.4, -0.2) is 25.7 Å². The molecule has 0 fully saturated rings. The van der Waals surface area contributed by atoms with Crippen LogP contribution in [0.5, 0.6) is 0 Å². The molecule has 1 N–H and O–H groups in total. The fourth-order valence-electron chi connectivity index (χ4n) is 2.38. The van der Waals surface area contributed by atoms with Crippen LogP contribution in [0.15, 0.2) is 70.7 Å². The molecule has 3 rings (SSSR count). The van der Waals surface area contributed by atoms with E-state index in [0.717, 1.165) is 10.6 Å². The summed E-state index contributed by atoms with van der Waals surface area (Å²) in [6, 6.07) is 16.1. The SMILES string of the molecule is O=C(NS(=O)(=O)c1ccccc1)N1N=CCC1c1ccccc1. The van der Waals surface area contributed by atoms with Crippen LogP contribution in [0.1, 0.15) is 18.0 Å². The summed E-state index contributed by atoms with van der Waals surface area (Å²) in [7, 11) is -3.92. The molecule has 0 saturated heterocycles. The van der Waals surface area contributed by atoms with E-state index in [-0.39, 0.29) is 10.9 Å². The minimum Gasteiger partial charge on any atom is -0.245 e. The standard InChI is InChI=1S/C16H15N3O3S/c20-16(18-23(21,22)14-9-5-2-6-10-14)19-15(11-12-17-19)13-7-3-1-4-8-13/h1-10,12,15H,11H2,(H,18,20). The number of hydrazone groups is 1. The van der Waals surface area contributed by atoms with Crippen molar-refractivity contribution in [2.24, 2.45) is 5.10 Å². The van der Waals surface area contributed by atoms with Crippen LogP contribution in [0, 0.1) is 0 Å². The number of carbonyl (C=O) groups is 1. The molecule has 1 atom stereocenters. The molecule has 0 saturated carbocycles. The van der Waals surface area contributed by atoms with Gasteiger partial charge < -0.3 is 0 Å². The Kier molecular flexibility index (Phi) is 4.12. The van der Waals surface area contributed by atoms with Crippen molar-refractivity contribution in [1.82, 2.24) is 9.73 Å². The second-order valence-corrected chi connectivity index (χ2v) is 6.71. The fraction of sp³-hybridized carbons (Fsp3) is 0.125. The summed E-state index contributed by atoms with van der Waals surface area (Å²) in [5.41, 5.74) is 0.900. The average Bonchev–Trinajstić information content (AvgIpc) is 3.06. The van der Waals surface area contributed by atoms with E-state index in [1.807, 2.05) is 30.3 Å². The third-order valence-corrected chi connectivity index (χ3v) is 4.83. The number of hydrogen-bond donors (Lipinski definition) is 1. The molecule has 118 valence electrons. The van der Waals surface area contributed by atoms with Crippen LogP contribution in [-0.2, 0) is 10.0 Å². The number of sulfonamides is 1. The lowest BCUT2D eigenvalue weighted by molar-refractivity contribution is 0.192. The van der Waals surface area contributed by atoms with E-state index in [1.165, 1.54) is 12.1 Å². The first-order valence-electron chi connectivity index (χ1n) is 7.06. The van der Waals surface area contributed by atoms with Crippen molar-refractivity contribution in [3.63, 3.8) is 0 Å². The number of urea groups is 1. The van der Waals surface area contributed by atoms with E-state index in [0.29, 0.717) is 6.42 Å². The third-order valence-electron chi connectivity index (χ3n) is 3.50. The highest BCUT2D eigenvalue weighted by Gasteiger charge is 2.30. The topological polar surface area (TPSA) is 78.8 Å². The average molecular weight is 329 g/mol. The maximum absolute atomic E-state index is 12.3. The van der Waals surface area contributed by atoms with E-state index in [9.17, 15) is 13.2 Å². The molecule has 1 unspecified atom stereocenters.